The molecule has 0 aliphatic heterocycles. The third kappa shape index (κ3) is 2.83. The zero-order valence-corrected chi connectivity index (χ0v) is 10.8. The summed E-state index contributed by atoms with van der Waals surface area (Å²) in [5.41, 5.74) is 0. The Morgan fingerprint density at radius 3 is 2.82 bits per heavy atom. The van der Waals surface area contributed by atoms with Crippen LogP contribution in [0.4, 0.5) is 0 Å². The van der Waals surface area contributed by atoms with Crippen LogP contribution in [0.15, 0.2) is 16.9 Å². The van der Waals surface area contributed by atoms with E-state index < -0.39 is 5.97 Å². The van der Waals surface area contributed by atoms with Crippen LogP contribution in [0.1, 0.15) is 35.3 Å². The summed E-state index contributed by atoms with van der Waals surface area (Å²) in [6.07, 6.45) is 2.94. The van der Waals surface area contributed by atoms with Gasteiger partial charge in [0.15, 0.2) is 10.2 Å². The zero-order valence-electron chi connectivity index (χ0n) is 9.19. The monoisotopic (exact) mass is 270 g/mol. The number of carboxylic acid groups (broad SMARTS) is 1. The molecule has 2 aromatic rings. The van der Waals surface area contributed by atoms with Crippen molar-refractivity contribution in [2.75, 3.05) is 0 Å². The standard InChI is InChI=1S/C9H10N4O2S2/c1-5(2)7-11-4-13(12-7)17-9-10-3-6(16-9)8(14)15/h3-5H,1-2H3,(H,14,15). The largest absolute Gasteiger partial charge is 0.477 e. The van der Waals surface area contributed by atoms with Gasteiger partial charge in [-0.1, -0.05) is 25.2 Å². The van der Waals surface area contributed by atoms with Gasteiger partial charge in [-0.3, -0.25) is 0 Å². The molecule has 0 saturated heterocycles. The predicted molar refractivity (Wildman–Crippen MR) is 64.4 cm³/mol. The molecule has 0 spiro atoms. The normalized spacial score (nSPS) is 11.0. The highest BCUT2D eigenvalue weighted by atomic mass is 32.2. The van der Waals surface area contributed by atoms with Crippen LogP contribution >= 0.6 is 23.3 Å². The van der Waals surface area contributed by atoms with Crippen molar-refractivity contribution in [2.24, 2.45) is 0 Å². The molecule has 0 amide bonds. The van der Waals surface area contributed by atoms with Crippen molar-refractivity contribution in [2.45, 2.75) is 24.1 Å². The molecule has 0 saturated carbocycles. The number of aromatic carboxylic acids is 1. The number of aromatic nitrogens is 4. The SMILES string of the molecule is CC(C)c1ncn(Sc2ncc(C(=O)O)s2)n1. The van der Waals surface area contributed by atoms with E-state index >= 15 is 0 Å². The Kier molecular flexibility index (Phi) is 3.43. The first-order chi connectivity index (χ1) is 8.06. The summed E-state index contributed by atoms with van der Waals surface area (Å²) >= 11 is 2.37. The van der Waals surface area contributed by atoms with Gasteiger partial charge >= 0.3 is 5.97 Å². The average Bonchev–Trinajstić information content (AvgIpc) is 2.87. The van der Waals surface area contributed by atoms with Crippen molar-refractivity contribution in [1.29, 1.82) is 0 Å². The average molecular weight is 270 g/mol. The molecule has 2 aromatic heterocycles. The van der Waals surface area contributed by atoms with Gasteiger partial charge in [0.25, 0.3) is 0 Å². The highest BCUT2D eigenvalue weighted by Gasteiger charge is 2.11. The molecular formula is C9H10N4O2S2. The molecule has 0 aliphatic rings. The van der Waals surface area contributed by atoms with E-state index in [2.05, 4.69) is 15.1 Å². The maximum atomic E-state index is 10.7. The highest BCUT2D eigenvalue weighted by molar-refractivity contribution is 7.99. The highest BCUT2D eigenvalue weighted by Crippen LogP contribution is 2.25. The first-order valence-corrected chi connectivity index (χ1v) is 6.44. The van der Waals surface area contributed by atoms with E-state index in [1.54, 1.807) is 10.4 Å². The maximum Gasteiger partial charge on any atom is 0.347 e. The fourth-order valence-electron chi connectivity index (χ4n) is 1.05. The Bertz CT molecular complexity index is 535. The molecule has 0 unspecified atom stereocenters. The third-order valence-corrected chi connectivity index (χ3v) is 3.75. The Labute approximate surface area is 106 Å². The number of carbonyl (C=O) groups is 1. The van der Waals surface area contributed by atoms with E-state index in [1.807, 2.05) is 13.8 Å². The summed E-state index contributed by atoms with van der Waals surface area (Å²) in [6, 6.07) is 0. The summed E-state index contributed by atoms with van der Waals surface area (Å²) in [5, 5.41) is 13.0. The Morgan fingerprint density at radius 2 is 2.29 bits per heavy atom. The first kappa shape index (κ1) is 12.1. The van der Waals surface area contributed by atoms with Gasteiger partial charge in [-0.2, -0.15) is 4.09 Å². The number of carboxylic acids is 1. The smallest absolute Gasteiger partial charge is 0.347 e. The predicted octanol–water partition coefficient (Wildman–Crippen LogP) is 2.11. The van der Waals surface area contributed by atoms with Crippen molar-refractivity contribution in [3.05, 3.63) is 23.2 Å². The second kappa shape index (κ2) is 4.84. The maximum absolute atomic E-state index is 10.7. The third-order valence-electron chi connectivity index (χ3n) is 1.87. The molecule has 8 heteroatoms. The molecular weight excluding hydrogens is 260 g/mol. The van der Waals surface area contributed by atoms with E-state index in [0.717, 1.165) is 17.2 Å². The molecule has 0 atom stereocenters. The van der Waals surface area contributed by atoms with Crippen LogP contribution in [0.3, 0.4) is 0 Å². The minimum Gasteiger partial charge on any atom is -0.477 e. The quantitative estimate of drug-likeness (QED) is 0.916. The number of rotatable bonds is 4. The van der Waals surface area contributed by atoms with E-state index in [4.69, 9.17) is 5.11 Å². The zero-order chi connectivity index (χ0) is 12.4. The fraction of sp³-hybridized carbons (Fsp3) is 0.333. The van der Waals surface area contributed by atoms with E-state index in [9.17, 15) is 4.79 Å². The van der Waals surface area contributed by atoms with Crippen LogP contribution in [0.5, 0.6) is 0 Å². The van der Waals surface area contributed by atoms with Gasteiger partial charge in [0.2, 0.25) is 0 Å². The lowest BCUT2D eigenvalue weighted by atomic mass is 10.2. The molecule has 0 radical (unpaired) electrons. The summed E-state index contributed by atoms with van der Waals surface area (Å²) in [4.78, 5) is 19.0. The van der Waals surface area contributed by atoms with Crippen molar-refractivity contribution in [3.63, 3.8) is 0 Å². The molecule has 0 bridgehead atoms. The lowest BCUT2D eigenvalue weighted by Crippen LogP contribution is -1.92. The van der Waals surface area contributed by atoms with Crippen LogP contribution in [-0.4, -0.2) is 30.2 Å². The van der Waals surface area contributed by atoms with Crippen LogP contribution in [0, 0.1) is 0 Å². The summed E-state index contributed by atoms with van der Waals surface area (Å²) in [7, 11) is 0. The second-order valence-corrected chi connectivity index (χ2v) is 5.78. The van der Waals surface area contributed by atoms with Gasteiger partial charge in [-0.05, 0) is 0 Å². The molecule has 6 nitrogen and oxygen atoms in total. The number of hydrogen-bond donors (Lipinski definition) is 1. The molecule has 2 heterocycles. The Morgan fingerprint density at radius 1 is 1.53 bits per heavy atom. The molecule has 17 heavy (non-hydrogen) atoms. The Balaban J connectivity index is 2.11. The molecule has 0 aromatic carbocycles. The van der Waals surface area contributed by atoms with Crippen molar-refractivity contribution >= 4 is 29.3 Å². The Hall–Kier alpha value is -1.41. The van der Waals surface area contributed by atoms with Gasteiger partial charge in [0.1, 0.15) is 11.2 Å². The van der Waals surface area contributed by atoms with Crippen LogP contribution < -0.4 is 0 Å². The lowest BCUT2D eigenvalue weighted by molar-refractivity contribution is 0.0702. The van der Waals surface area contributed by atoms with Crippen molar-refractivity contribution in [1.82, 2.24) is 19.2 Å². The number of nitrogens with zero attached hydrogens (tertiary/aromatic N) is 4. The first-order valence-electron chi connectivity index (χ1n) is 4.85. The van der Waals surface area contributed by atoms with Crippen molar-refractivity contribution < 1.29 is 9.90 Å². The van der Waals surface area contributed by atoms with E-state index in [0.29, 0.717) is 4.34 Å². The number of hydrogen-bond acceptors (Lipinski definition) is 6. The van der Waals surface area contributed by atoms with Gasteiger partial charge in [0.05, 0.1) is 6.20 Å². The van der Waals surface area contributed by atoms with Gasteiger partial charge < -0.3 is 5.11 Å². The number of thiazole rings is 1. The topological polar surface area (TPSA) is 80.9 Å². The molecule has 1 N–H and O–H groups in total. The minimum absolute atomic E-state index is 0.219. The molecule has 0 fully saturated rings. The summed E-state index contributed by atoms with van der Waals surface area (Å²) in [5.74, 6) is 0.0612. The van der Waals surface area contributed by atoms with Gasteiger partial charge in [-0.25, -0.2) is 14.8 Å². The van der Waals surface area contributed by atoms with E-state index in [1.165, 1.54) is 18.1 Å². The van der Waals surface area contributed by atoms with E-state index in [-0.39, 0.29) is 10.8 Å². The van der Waals surface area contributed by atoms with Crippen LogP contribution in [0.25, 0.3) is 0 Å². The van der Waals surface area contributed by atoms with Crippen LogP contribution in [0.2, 0.25) is 0 Å². The van der Waals surface area contributed by atoms with Crippen LogP contribution in [-0.2, 0) is 0 Å². The molecule has 2 rings (SSSR count). The summed E-state index contributed by atoms with van der Waals surface area (Å²) in [6.45, 7) is 4.02. The van der Waals surface area contributed by atoms with Crippen molar-refractivity contribution in [3.8, 4) is 0 Å². The van der Waals surface area contributed by atoms with Gasteiger partial charge in [-0.15, -0.1) is 5.10 Å². The molecule has 0 aliphatic carbocycles. The molecule has 90 valence electrons. The minimum atomic E-state index is -0.962. The fourth-order valence-corrected chi connectivity index (χ4v) is 2.66. The second-order valence-electron chi connectivity index (χ2n) is 3.55. The lowest BCUT2D eigenvalue weighted by Gasteiger charge is -1.96. The summed E-state index contributed by atoms with van der Waals surface area (Å²) < 4.78 is 2.21. The van der Waals surface area contributed by atoms with Gasteiger partial charge in [0, 0.05) is 17.9 Å².